The predicted octanol–water partition coefficient (Wildman–Crippen LogP) is 3.79. The summed E-state index contributed by atoms with van der Waals surface area (Å²) in [7, 11) is 0. The van der Waals surface area contributed by atoms with E-state index in [1.165, 1.54) is 4.88 Å². The minimum atomic E-state index is -0.761. The van der Waals surface area contributed by atoms with Gasteiger partial charge in [-0.3, -0.25) is 9.69 Å². The molecule has 0 saturated heterocycles. The summed E-state index contributed by atoms with van der Waals surface area (Å²) in [4.78, 5) is 14.7. The number of carbonyl (C=O) groups is 1. The highest BCUT2D eigenvalue weighted by atomic mass is 32.1. The van der Waals surface area contributed by atoms with Gasteiger partial charge in [0, 0.05) is 17.5 Å². The van der Waals surface area contributed by atoms with Crippen molar-refractivity contribution >= 4 is 17.3 Å². The first kappa shape index (κ1) is 14.8. The van der Waals surface area contributed by atoms with E-state index in [-0.39, 0.29) is 12.5 Å². The molecule has 0 amide bonds. The Morgan fingerprint density at radius 1 is 1.25 bits per heavy atom. The minimum Gasteiger partial charge on any atom is -0.481 e. The lowest BCUT2D eigenvalue weighted by Gasteiger charge is -2.29. The van der Waals surface area contributed by atoms with Crippen molar-refractivity contribution in [2.45, 2.75) is 25.9 Å². The van der Waals surface area contributed by atoms with E-state index < -0.39 is 5.97 Å². The molecule has 2 rings (SSSR count). The first-order valence-corrected chi connectivity index (χ1v) is 7.62. The lowest BCUT2D eigenvalue weighted by Crippen LogP contribution is -2.29. The van der Waals surface area contributed by atoms with Crippen LogP contribution in [0.5, 0.6) is 0 Å². The molecule has 1 N–H and O–H groups in total. The van der Waals surface area contributed by atoms with Gasteiger partial charge in [-0.2, -0.15) is 0 Å². The molecule has 4 heteroatoms. The smallest absolute Gasteiger partial charge is 0.305 e. The van der Waals surface area contributed by atoms with Crippen molar-refractivity contribution in [3.8, 4) is 0 Å². The lowest BCUT2D eigenvalue weighted by molar-refractivity contribution is -0.138. The molecule has 0 bridgehead atoms. The van der Waals surface area contributed by atoms with Gasteiger partial charge in [0.25, 0.3) is 0 Å². The summed E-state index contributed by atoms with van der Waals surface area (Å²) < 4.78 is 0. The number of thiophene rings is 1. The Morgan fingerprint density at radius 2 is 2.00 bits per heavy atom. The number of carboxylic acids is 1. The quantitative estimate of drug-likeness (QED) is 0.843. The van der Waals surface area contributed by atoms with E-state index in [0.717, 1.165) is 18.7 Å². The van der Waals surface area contributed by atoms with Gasteiger partial charge in [-0.25, -0.2) is 0 Å². The fourth-order valence-corrected chi connectivity index (χ4v) is 3.07. The fraction of sp³-hybridized carbons (Fsp3) is 0.312. The Balaban J connectivity index is 2.21. The molecule has 20 heavy (non-hydrogen) atoms. The minimum absolute atomic E-state index is 0.0826. The van der Waals surface area contributed by atoms with E-state index in [2.05, 4.69) is 23.3 Å². The second-order valence-corrected chi connectivity index (χ2v) is 5.70. The Bertz CT molecular complexity index is 525. The van der Waals surface area contributed by atoms with E-state index >= 15 is 0 Å². The van der Waals surface area contributed by atoms with Crippen LogP contribution >= 0.6 is 11.3 Å². The van der Waals surface area contributed by atoms with Gasteiger partial charge in [-0.05, 0) is 23.6 Å². The monoisotopic (exact) mass is 289 g/mol. The average molecular weight is 289 g/mol. The molecule has 106 valence electrons. The van der Waals surface area contributed by atoms with Crippen molar-refractivity contribution in [1.82, 2.24) is 4.90 Å². The van der Waals surface area contributed by atoms with Crippen molar-refractivity contribution in [1.29, 1.82) is 0 Å². The summed E-state index contributed by atoms with van der Waals surface area (Å²) in [6, 6.07) is 13.9. The number of rotatable bonds is 7. The van der Waals surface area contributed by atoms with E-state index in [1.807, 2.05) is 36.4 Å². The van der Waals surface area contributed by atoms with Crippen molar-refractivity contribution in [3.05, 3.63) is 58.3 Å². The first-order chi connectivity index (χ1) is 9.70. The van der Waals surface area contributed by atoms with Crippen LogP contribution in [0.4, 0.5) is 0 Å². The van der Waals surface area contributed by atoms with Crippen LogP contribution in [0.3, 0.4) is 0 Å². The molecule has 1 unspecified atom stereocenters. The largest absolute Gasteiger partial charge is 0.481 e. The second kappa shape index (κ2) is 7.22. The third kappa shape index (κ3) is 3.92. The van der Waals surface area contributed by atoms with Gasteiger partial charge in [-0.15, -0.1) is 11.3 Å². The lowest BCUT2D eigenvalue weighted by atomic mass is 10.0. The summed E-state index contributed by atoms with van der Waals surface area (Å²) >= 11 is 1.71. The summed E-state index contributed by atoms with van der Waals surface area (Å²) in [5, 5.41) is 11.2. The zero-order valence-electron chi connectivity index (χ0n) is 11.5. The molecule has 1 aromatic heterocycles. The maximum Gasteiger partial charge on any atom is 0.305 e. The normalized spacial score (nSPS) is 12.5. The molecule has 0 spiro atoms. The molecule has 2 aromatic rings. The molecule has 0 radical (unpaired) electrons. The molecular weight excluding hydrogens is 270 g/mol. The number of benzene rings is 1. The van der Waals surface area contributed by atoms with Crippen LogP contribution in [0, 0.1) is 0 Å². The highest BCUT2D eigenvalue weighted by molar-refractivity contribution is 7.09. The number of hydrogen-bond acceptors (Lipinski definition) is 3. The Labute approximate surface area is 123 Å². The molecule has 1 aromatic carbocycles. The highest BCUT2D eigenvalue weighted by Crippen LogP contribution is 2.26. The van der Waals surface area contributed by atoms with Crippen LogP contribution in [0.1, 0.15) is 29.8 Å². The van der Waals surface area contributed by atoms with Crippen molar-refractivity contribution in [2.24, 2.45) is 0 Å². The number of hydrogen-bond donors (Lipinski definition) is 1. The predicted molar refractivity (Wildman–Crippen MR) is 81.8 cm³/mol. The van der Waals surface area contributed by atoms with Crippen LogP contribution in [0.25, 0.3) is 0 Å². The van der Waals surface area contributed by atoms with Gasteiger partial charge >= 0.3 is 5.97 Å². The standard InChI is InChI=1S/C16H19NO2S/c1-2-17(12-14-9-6-10-20-14)15(11-16(18)19)13-7-4-3-5-8-13/h3-10,15H,2,11-12H2,1H3,(H,18,19). The molecule has 0 aliphatic heterocycles. The highest BCUT2D eigenvalue weighted by Gasteiger charge is 2.22. The van der Waals surface area contributed by atoms with Crippen LogP contribution in [-0.4, -0.2) is 22.5 Å². The van der Waals surface area contributed by atoms with Crippen LogP contribution in [0.2, 0.25) is 0 Å². The molecule has 0 saturated carbocycles. The molecule has 0 fully saturated rings. The third-order valence-corrected chi connectivity index (χ3v) is 4.20. The molecule has 1 heterocycles. The van der Waals surface area contributed by atoms with E-state index in [4.69, 9.17) is 0 Å². The molecule has 3 nitrogen and oxygen atoms in total. The van der Waals surface area contributed by atoms with Gasteiger partial charge in [-0.1, -0.05) is 43.3 Å². The van der Waals surface area contributed by atoms with Crippen molar-refractivity contribution in [2.75, 3.05) is 6.54 Å². The molecule has 1 atom stereocenters. The van der Waals surface area contributed by atoms with E-state index in [1.54, 1.807) is 11.3 Å². The van der Waals surface area contributed by atoms with E-state index in [0.29, 0.717) is 0 Å². The summed E-state index contributed by atoms with van der Waals surface area (Å²) in [6.07, 6.45) is 0.128. The number of nitrogens with zero attached hydrogens (tertiary/aromatic N) is 1. The maximum absolute atomic E-state index is 11.2. The summed E-state index contributed by atoms with van der Waals surface area (Å²) in [5.41, 5.74) is 1.06. The number of carboxylic acid groups (broad SMARTS) is 1. The SMILES string of the molecule is CCN(Cc1cccs1)C(CC(=O)O)c1ccccc1. The van der Waals surface area contributed by atoms with Crippen molar-refractivity contribution < 1.29 is 9.90 Å². The Kier molecular flexibility index (Phi) is 5.32. The summed E-state index contributed by atoms with van der Waals surface area (Å²) in [6.45, 7) is 3.69. The van der Waals surface area contributed by atoms with Crippen molar-refractivity contribution in [3.63, 3.8) is 0 Å². The first-order valence-electron chi connectivity index (χ1n) is 6.74. The number of aliphatic carboxylic acids is 1. The second-order valence-electron chi connectivity index (χ2n) is 4.67. The Morgan fingerprint density at radius 3 is 2.55 bits per heavy atom. The fourth-order valence-electron chi connectivity index (χ4n) is 2.34. The van der Waals surface area contributed by atoms with Crippen LogP contribution in [-0.2, 0) is 11.3 Å². The van der Waals surface area contributed by atoms with Gasteiger partial charge in [0.05, 0.1) is 6.42 Å². The third-order valence-electron chi connectivity index (χ3n) is 3.34. The molecule has 0 aliphatic rings. The van der Waals surface area contributed by atoms with Gasteiger partial charge < -0.3 is 5.11 Å². The molecular formula is C16H19NO2S. The molecule has 0 aliphatic carbocycles. The zero-order chi connectivity index (χ0) is 14.4. The maximum atomic E-state index is 11.2. The Hall–Kier alpha value is -1.65. The zero-order valence-corrected chi connectivity index (χ0v) is 12.3. The van der Waals surface area contributed by atoms with E-state index in [9.17, 15) is 9.90 Å². The van der Waals surface area contributed by atoms with Crippen LogP contribution < -0.4 is 0 Å². The topological polar surface area (TPSA) is 40.5 Å². The average Bonchev–Trinajstić information content (AvgIpc) is 2.96. The van der Waals surface area contributed by atoms with Gasteiger partial charge in [0.2, 0.25) is 0 Å². The summed E-state index contributed by atoms with van der Waals surface area (Å²) in [5.74, 6) is -0.761. The van der Waals surface area contributed by atoms with Crippen LogP contribution in [0.15, 0.2) is 47.8 Å². The van der Waals surface area contributed by atoms with Gasteiger partial charge in [0.15, 0.2) is 0 Å². The van der Waals surface area contributed by atoms with Gasteiger partial charge in [0.1, 0.15) is 0 Å².